The zero-order valence-corrected chi connectivity index (χ0v) is 5.54. The van der Waals surface area contributed by atoms with E-state index in [1.54, 1.807) is 6.34 Å². The monoisotopic (exact) mass is 132 g/mol. The van der Waals surface area contributed by atoms with Crippen LogP contribution in [0, 0.1) is 0 Å². The molecule has 0 aromatic rings. The van der Waals surface area contributed by atoms with Gasteiger partial charge in [-0.1, -0.05) is 12.2 Å². The average molecular weight is 132 g/mol. The molecular formula is C8H8N2. The topological polar surface area (TPSA) is 24.4 Å². The Morgan fingerprint density at radius 2 is 2.20 bits per heavy atom. The molecule has 1 aliphatic carbocycles. The van der Waals surface area contributed by atoms with Crippen molar-refractivity contribution >= 4 is 6.34 Å². The van der Waals surface area contributed by atoms with Crippen molar-refractivity contribution in [2.24, 2.45) is 4.99 Å². The summed E-state index contributed by atoms with van der Waals surface area (Å²) < 4.78 is 0. The molecule has 2 bridgehead atoms. The second-order valence-electron chi connectivity index (χ2n) is 2.31. The fourth-order valence-electron chi connectivity index (χ4n) is 1.04. The van der Waals surface area contributed by atoms with E-state index in [2.05, 4.69) is 16.4 Å². The molecule has 0 unspecified atom stereocenters. The Kier molecular flexibility index (Phi) is 1.17. The van der Waals surface area contributed by atoms with E-state index >= 15 is 0 Å². The molecule has 0 aromatic heterocycles. The molecule has 0 amide bonds. The predicted molar refractivity (Wildman–Crippen MR) is 41.6 cm³/mol. The van der Waals surface area contributed by atoms with Gasteiger partial charge >= 0.3 is 0 Å². The standard InChI is InChI=1S/C8H8N2/c1-2-4-8-5-7(3-1)9-6-10-8/h1-4,6H,5H2,(H,9,10). The Morgan fingerprint density at radius 3 is 3.20 bits per heavy atom. The van der Waals surface area contributed by atoms with E-state index in [0.717, 1.165) is 12.1 Å². The molecule has 2 nitrogen and oxygen atoms in total. The van der Waals surface area contributed by atoms with Crippen LogP contribution in [0.2, 0.25) is 0 Å². The number of nitrogens with one attached hydrogen (secondary N) is 1. The summed E-state index contributed by atoms with van der Waals surface area (Å²) in [4.78, 5) is 4.14. The fourth-order valence-corrected chi connectivity index (χ4v) is 1.04. The van der Waals surface area contributed by atoms with E-state index in [-0.39, 0.29) is 0 Å². The molecule has 1 aliphatic heterocycles. The van der Waals surface area contributed by atoms with Crippen molar-refractivity contribution in [3.8, 4) is 0 Å². The van der Waals surface area contributed by atoms with E-state index in [4.69, 9.17) is 0 Å². The number of fused-ring (bicyclic) bond motifs is 2. The molecule has 1 N–H and O–H groups in total. The first-order valence-corrected chi connectivity index (χ1v) is 3.30. The van der Waals surface area contributed by atoms with Gasteiger partial charge in [-0.05, 0) is 12.2 Å². The highest BCUT2D eigenvalue weighted by atomic mass is 15.0. The molecule has 0 aromatic carbocycles. The van der Waals surface area contributed by atoms with Crippen LogP contribution in [-0.2, 0) is 0 Å². The maximum atomic E-state index is 4.14. The van der Waals surface area contributed by atoms with Gasteiger partial charge in [0.25, 0.3) is 0 Å². The molecule has 1 heterocycles. The van der Waals surface area contributed by atoms with Crippen molar-refractivity contribution in [3.63, 3.8) is 0 Å². The van der Waals surface area contributed by atoms with Gasteiger partial charge in [0.15, 0.2) is 0 Å². The number of hydrogen-bond donors (Lipinski definition) is 1. The van der Waals surface area contributed by atoms with Gasteiger partial charge in [0.2, 0.25) is 0 Å². The second-order valence-corrected chi connectivity index (χ2v) is 2.31. The molecule has 0 fully saturated rings. The third-order valence-corrected chi connectivity index (χ3v) is 1.55. The average Bonchev–Trinajstić information content (AvgIpc) is 2.12. The van der Waals surface area contributed by atoms with Gasteiger partial charge in [-0.3, -0.25) is 0 Å². The lowest BCUT2D eigenvalue weighted by atomic mass is 10.2. The third-order valence-electron chi connectivity index (χ3n) is 1.55. The van der Waals surface area contributed by atoms with E-state index in [1.165, 1.54) is 5.70 Å². The Balaban J connectivity index is 2.44. The van der Waals surface area contributed by atoms with Crippen LogP contribution in [0.15, 0.2) is 40.7 Å². The van der Waals surface area contributed by atoms with Gasteiger partial charge in [0, 0.05) is 17.8 Å². The van der Waals surface area contributed by atoms with Crippen LogP contribution in [0.3, 0.4) is 0 Å². The van der Waals surface area contributed by atoms with Crippen LogP contribution in [0.1, 0.15) is 6.42 Å². The van der Waals surface area contributed by atoms with Gasteiger partial charge in [-0.15, -0.1) is 0 Å². The Hall–Kier alpha value is -1.31. The summed E-state index contributed by atoms with van der Waals surface area (Å²) in [6.45, 7) is 0. The second kappa shape index (κ2) is 2.14. The minimum absolute atomic E-state index is 0.934. The van der Waals surface area contributed by atoms with Crippen LogP contribution in [0.5, 0.6) is 0 Å². The molecule has 2 heteroatoms. The summed E-state index contributed by atoms with van der Waals surface area (Å²) >= 11 is 0. The minimum Gasteiger partial charge on any atom is -0.349 e. The van der Waals surface area contributed by atoms with Crippen LogP contribution in [0.4, 0.5) is 0 Å². The van der Waals surface area contributed by atoms with Gasteiger partial charge < -0.3 is 5.32 Å². The lowest BCUT2D eigenvalue weighted by Crippen LogP contribution is -2.14. The smallest absolute Gasteiger partial charge is 0.0924 e. The summed E-state index contributed by atoms with van der Waals surface area (Å²) in [7, 11) is 0. The maximum absolute atomic E-state index is 4.14. The van der Waals surface area contributed by atoms with Gasteiger partial charge in [0.05, 0.1) is 6.34 Å². The summed E-state index contributed by atoms with van der Waals surface area (Å²) in [6, 6.07) is 0. The zero-order valence-electron chi connectivity index (χ0n) is 5.54. The summed E-state index contributed by atoms with van der Waals surface area (Å²) in [5.74, 6) is 0. The molecule has 10 heavy (non-hydrogen) atoms. The largest absolute Gasteiger partial charge is 0.349 e. The minimum atomic E-state index is 0.934. The Morgan fingerprint density at radius 1 is 1.30 bits per heavy atom. The number of aliphatic imine (C=N–C) groups is 1. The molecule has 50 valence electrons. The van der Waals surface area contributed by atoms with Crippen molar-refractivity contribution in [2.75, 3.05) is 0 Å². The Bertz CT molecular complexity index is 256. The van der Waals surface area contributed by atoms with Crippen LogP contribution in [-0.4, -0.2) is 6.34 Å². The highest BCUT2D eigenvalue weighted by Gasteiger charge is 2.04. The van der Waals surface area contributed by atoms with Crippen molar-refractivity contribution < 1.29 is 0 Å². The summed E-state index contributed by atoms with van der Waals surface area (Å²) in [5, 5.41) is 3.07. The molecule has 0 saturated carbocycles. The lowest BCUT2D eigenvalue weighted by Gasteiger charge is -2.10. The van der Waals surface area contributed by atoms with E-state index in [9.17, 15) is 0 Å². The lowest BCUT2D eigenvalue weighted by molar-refractivity contribution is 0.952. The van der Waals surface area contributed by atoms with Crippen LogP contribution in [0.25, 0.3) is 0 Å². The summed E-state index contributed by atoms with van der Waals surface area (Å²) in [6.07, 6.45) is 10.8. The molecule has 2 aliphatic rings. The van der Waals surface area contributed by atoms with Crippen molar-refractivity contribution in [1.82, 2.24) is 5.32 Å². The maximum Gasteiger partial charge on any atom is 0.0924 e. The van der Waals surface area contributed by atoms with Crippen molar-refractivity contribution in [1.29, 1.82) is 0 Å². The molecule has 0 atom stereocenters. The number of rotatable bonds is 0. The summed E-state index contributed by atoms with van der Waals surface area (Å²) in [5.41, 5.74) is 2.34. The van der Waals surface area contributed by atoms with E-state index < -0.39 is 0 Å². The first-order valence-electron chi connectivity index (χ1n) is 3.30. The quantitative estimate of drug-likeness (QED) is 0.528. The third kappa shape index (κ3) is 0.880. The highest BCUT2D eigenvalue weighted by Crippen LogP contribution is 2.15. The molecule has 0 spiro atoms. The van der Waals surface area contributed by atoms with Crippen LogP contribution < -0.4 is 5.32 Å². The molecule has 0 saturated heterocycles. The van der Waals surface area contributed by atoms with Crippen molar-refractivity contribution in [3.05, 3.63) is 35.7 Å². The fraction of sp³-hybridized carbons (Fsp3) is 0.125. The van der Waals surface area contributed by atoms with Gasteiger partial charge in [0.1, 0.15) is 0 Å². The zero-order chi connectivity index (χ0) is 6.81. The van der Waals surface area contributed by atoms with Crippen molar-refractivity contribution in [2.45, 2.75) is 6.42 Å². The van der Waals surface area contributed by atoms with Crippen LogP contribution >= 0.6 is 0 Å². The molecule has 0 radical (unpaired) electrons. The first-order chi connectivity index (χ1) is 4.95. The number of nitrogens with zero attached hydrogens (tertiary/aromatic N) is 1. The first kappa shape index (κ1) is 5.47. The molecule has 2 rings (SSSR count). The van der Waals surface area contributed by atoms with E-state index in [1.807, 2.05) is 18.2 Å². The highest BCUT2D eigenvalue weighted by molar-refractivity contribution is 5.62. The van der Waals surface area contributed by atoms with E-state index in [0.29, 0.717) is 0 Å². The van der Waals surface area contributed by atoms with Gasteiger partial charge in [-0.25, -0.2) is 4.99 Å². The van der Waals surface area contributed by atoms with Gasteiger partial charge in [-0.2, -0.15) is 0 Å². The number of allylic oxidation sites excluding steroid dienone is 4. The predicted octanol–water partition coefficient (Wildman–Crippen LogP) is 1.35. The molecular weight excluding hydrogens is 124 g/mol. The normalized spacial score (nSPS) is 20.8. The SMILES string of the molecule is C1=CC=C2CC(=C1)N=CN2. The number of hydrogen-bond acceptors (Lipinski definition) is 2. The Labute approximate surface area is 59.7 Å².